The predicted octanol–water partition coefficient (Wildman–Crippen LogP) is 2.27. The molecule has 0 bridgehead atoms. The monoisotopic (exact) mass is 170 g/mol. The van der Waals surface area contributed by atoms with Gasteiger partial charge in [0.05, 0.1) is 10.7 Å². The molecule has 0 fully saturated rings. The molecule has 0 aliphatic heterocycles. The molecule has 0 aliphatic rings. The Labute approximate surface area is 71.4 Å². The molecule has 0 spiro atoms. The molecule has 0 atom stereocenters. The van der Waals surface area contributed by atoms with E-state index in [-0.39, 0.29) is 0 Å². The third-order valence-electron chi connectivity index (χ3n) is 1.69. The van der Waals surface area contributed by atoms with E-state index in [0.717, 1.165) is 11.3 Å². The number of rotatable bonds is 1. The molecule has 0 heterocycles. The Balaban J connectivity index is 3.25. The van der Waals surface area contributed by atoms with Crippen LogP contribution < -0.4 is 11.1 Å². The molecule has 1 rings (SSSR count). The lowest BCUT2D eigenvalue weighted by Gasteiger charge is -2.07. The molecule has 1 aromatic rings. The Morgan fingerprint density at radius 1 is 1.45 bits per heavy atom. The van der Waals surface area contributed by atoms with Gasteiger partial charge in [-0.3, -0.25) is 0 Å². The number of anilines is 2. The maximum Gasteiger partial charge on any atom is 0.0685 e. The molecule has 0 saturated heterocycles. The van der Waals surface area contributed by atoms with Crippen molar-refractivity contribution in [1.29, 1.82) is 0 Å². The van der Waals surface area contributed by atoms with E-state index in [1.807, 2.05) is 20.0 Å². The number of nitrogens with two attached hydrogens (primary N) is 1. The summed E-state index contributed by atoms with van der Waals surface area (Å²) in [6.45, 7) is 1.94. The van der Waals surface area contributed by atoms with Crippen molar-refractivity contribution in [3.8, 4) is 0 Å². The minimum atomic E-state index is 0.628. The molecule has 0 aliphatic carbocycles. The Hall–Kier alpha value is -0.890. The minimum Gasteiger partial charge on any atom is -0.398 e. The second-order valence-corrected chi connectivity index (χ2v) is 2.77. The standard InChI is InChI=1S/C8H11ClN2/c1-5-7(11-2)4-3-6(10)8(5)9/h3-4,11H,10H2,1-2H3. The van der Waals surface area contributed by atoms with Crippen LogP contribution in [0.3, 0.4) is 0 Å². The molecular formula is C8H11ClN2. The molecule has 2 nitrogen and oxygen atoms in total. The molecule has 0 amide bonds. The summed E-state index contributed by atoms with van der Waals surface area (Å²) in [7, 11) is 1.86. The van der Waals surface area contributed by atoms with E-state index < -0.39 is 0 Å². The van der Waals surface area contributed by atoms with Gasteiger partial charge in [0, 0.05) is 12.7 Å². The van der Waals surface area contributed by atoms with Crippen molar-refractivity contribution in [2.45, 2.75) is 6.92 Å². The molecular weight excluding hydrogens is 160 g/mol. The molecule has 60 valence electrons. The van der Waals surface area contributed by atoms with Gasteiger partial charge in [-0.25, -0.2) is 0 Å². The first-order chi connectivity index (χ1) is 5.16. The van der Waals surface area contributed by atoms with Crippen molar-refractivity contribution in [3.05, 3.63) is 22.7 Å². The summed E-state index contributed by atoms with van der Waals surface area (Å²) < 4.78 is 0. The first-order valence-electron chi connectivity index (χ1n) is 3.39. The summed E-state index contributed by atoms with van der Waals surface area (Å²) in [6.07, 6.45) is 0. The van der Waals surface area contributed by atoms with Crippen LogP contribution in [0.5, 0.6) is 0 Å². The molecule has 3 N–H and O–H groups in total. The van der Waals surface area contributed by atoms with Crippen molar-refractivity contribution >= 4 is 23.0 Å². The van der Waals surface area contributed by atoms with Crippen LogP contribution in [0.1, 0.15) is 5.56 Å². The highest BCUT2D eigenvalue weighted by molar-refractivity contribution is 6.34. The van der Waals surface area contributed by atoms with Gasteiger partial charge in [-0.15, -0.1) is 0 Å². The Morgan fingerprint density at radius 3 is 2.64 bits per heavy atom. The number of nitrogens with one attached hydrogen (secondary N) is 1. The van der Waals surface area contributed by atoms with E-state index in [2.05, 4.69) is 5.32 Å². The summed E-state index contributed by atoms with van der Waals surface area (Å²) in [6, 6.07) is 3.71. The van der Waals surface area contributed by atoms with E-state index in [4.69, 9.17) is 17.3 Å². The lowest BCUT2D eigenvalue weighted by molar-refractivity contribution is 1.41. The minimum absolute atomic E-state index is 0.628. The van der Waals surface area contributed by atoms with Crippen LogP contribution in [0.4, 0.5) is 11.4 Å². The van der Waals surface area contributed by atoms with Gasteiger partial charge in [-0.2, -0.15) is 0 Å². The summed E-state index contributed by atoms with van der Waals surface area (Å²) >= 11 is 5.90. The van der Waals surface area contributed by atoms with E-state index >= 15 is 0 Å². The number of halogens is 1. The van der Waals surface area contributed by atoms with Crippen LogP contribution in [-0.2, 0) is 0 Å². The quantitative estimate of drug-likeness (QED) is 0.635. The average molecular weight is 171 g/mol. The summed E-state index contributed by atoms with van der Waals surface area (Å²) in [5.74, 6) is 0. The maximum absolute atomic E-state index is 5.90. The van der Waals surface area contributed by atoms with Crippen LogP contribution >= 0.6 is 11.6 Å². The number of benzene rings is 1. The summed E-state index contributed by atoms with van der Waals surface area (Å²) in [5, 5.41) is 3.66. The fourth-order valence-electron chi connectivity index (χ4n) is 0.977. The zero-order valence-electron chi connectivity index (χ0n) is 6.61. The first kappa shape index (κ1) is 8.21. The van der Waals surface area contributed by atoms with Crippen molar-refractivity contribution in [1.82, 2.24) is 0 Å². The fourth-order valence-corrected chi connectivity index (χ4v) is 1.14. The van der Waals surface area contributed by atoms with Crippen LogP contribution in [-0.4, -0.2) is 7.05 Å². The van der Waals surface area contributed by atoms with Gasteiger partial charge in [0.15, 0.2) is 0 Å². The van der Waals surface area contributed by atoms with Crippen molar-refractivity contribution in [2.24, 2.45) is 0 Å². The van der Waals surface area contributed by atoms with Gasteiger partial charge in [0.1, 0.15) is 0 Å². The van der Waals surface area contributed by atoms with Crippen LogP contribution in [0.15, 0.2) is 12.1 Å². The summed E-state index contributed by atoms with van der Waals surface area (Å²) in [4.78, 5) is 0. The van der Waals surface area contributed by atoms with Crippen LogP contribution in [0.2, 0.25) is 5.02 Å². The van der Waals surface area contributed by atoms with Gasteiger partial charge >= 0.3 is 0 Å². The lowest BCUT2D eigenvalue weighted by atomic mass is 10.2. The first-order valence-corrected chi connectivity index (χ1v) is 3.77. The molecule has 1 aromatic carbocycles. The topological polar surface area (TPSA) is 38.0 Å². The Bertz CT molecular complexity index is 271. The zero-order chi connectivity index (χ0) is 8.43. The molecule has 11 heavy (non-hydrogen) atoms. The van der Waals surface area contributed by atoms with Gasteiger partial charge in [0.2, 0.25) is 0 Å². The van der Waals surface area contributed by atoms with Crippen molar-refractivity contribution < 1.29 is 0 Å². The SMILES string of the molecule is CNc1ccc(N)c(Cl)c1C. The number of nitrogen functional groups attached to an aromatic ring is 1. The van der Waals surface area contributed by atoms with E-state index in [9.17, 15) is 0 Å². The largest absolute Gasteiger partial charge is 0.398 e. The van der Waals surface area contributed by atoms with E-state index in [1.165, 1.54) is 0 Å². The van der Waals surface area contributed by atoms with Gasteiger partial charge in [0.25, 0.3) is 0 Å². The van der Waals surface area contributed by atoms with Crippen molar-refractivity contribution in [3.63, 3.8) is 0 Å². The predicted molar refractivity (Wildman–Crippen MR) is 50.1 cm³/mol. The van der Waals surface area contributed by atoms with E-state index in [0.29, 0.717) is 10.7 Å². The summed E-state index contributed by atoms with van der Waals surface area (Å²) in [5.41, 5.74) is 8.22. The average Bonchev–Trinajstić information content (AvgIpc) is 2.01. The van der Waals surface area contributed by atoms with Gasteiger partial charge in [-0.05, 0) is 24.6 Å². The van der Waals surface area contributed by atoms with Gasteiger partial charge < -0.3 is 11.1 Å². The number of hydrogen-bond acceptors (Lipinski definition) is 2. The van der Waals surface area contributed by atoms with Crippen LogP contribution in [0.25, 0.3) is 0 Å². The highest BCUT2D eigenvalue weighted by Crippen LogP contribution is 2.28. The second-order valence-electron chi connectivity index (χ2n) is 2.39. The van der Waals surface area contributed by atoms with Crippen molar-refractivity contribution in [2.75, 3.05) is 18.1 Å². The van der Waals surface area contributed by atoms with Crippen LogP contribution in [0, 0.1) is 6.92 Å². The van der Waals surface area contributed by atoms with Gasteiger partial charge in [-0.1, -0.05) is 11.6 Å². The Morgan fingerprint density at radius 2 is 2.09 bits per heavy atom. The lowest BCUT2D eigenvalue weighted by Crippen LogP contribution is -1.95. The molecule has 0 radical (unpaired) electrons. The third-order valence-corrected chi connectivity index (χ3v) is 2.19. The second kappa shape index (κ2) is 3.01. The Kier molecular flexibility index (Phi) is 2.25. The molecule has 0 aromatic heterocycles. The highest BCUT2D eigenvalue weighted by atomic mass is 35.5. The number of hydrogen-bond donors (Lipinski definition) is 2. The highest BCUT2D eigenvalue weighted by Gasteiger charge is 2.03. The maximum atomic E-state index is 5.90. The molecule has 0 saturated carbocycles. The normalized spacial score (nSPS) is 9.73. The van der Waals surface area contributed by atoms with E-state index in [1.54, 1.807) is 6.07 Å². The smallest absolute Gasteiger partial charge is 0.0685 e. The fraction of sp³-hybridized carbons (Fsp3) is 0.250. The molecule has 0 unspecified atom stereocenters. The third kappa shape index (κ3) is 1.40. The molecule has 3 heteroatoms. The zero-order valence-corrected chi connectivity index (χ0v) is 7.37.